The molecule has 0 amide bonds. The minimum absolute atomic E-state index is 0.960. The fourth-order valence-electron chi connectivity index (χ4n) is 0.864. The molecule has 0 aromatic rings. The molecule has 0 aliphatic heterocycles. The van der Waals surface area contributed by atoms with Crippen molar-refractivity contribution in [3.05, 3.63) is 0 Å². The quantitative estimate of drug-likeness (QED) is 0.563. The van der Waals surface area contributed by atoms with E-state index in [9.17, 15) is 0 Å². The topological polar surface area (TPSA) is 3.24 Å². The van der Waals surface area contributed by atoms with Crippen molar-refractivity contribution < 1.29 is 0 Å². The molecule has 0 aliphatic carbocycles. The van der Waals surface area contributed by atoms with Crippen LogP contribution < -0.4 is 0 Å². The van der Waals surface area contributed by atoms with E-state index in [1.165, 1.54) is 0 Å². The number of rotatable bonds is 3. The first-order chi connectivity index (χ1) is 5.49. The van der Waals surface area contributed by atoms with Gasteiger partial charge in [-0.3, -0.25) is 0 Å². The van der Waals surface area contributed by atoms with Crippen LogP contribution in [0.5, 0.6) is 0 Å². The molecular weight excluding hydrogens is 253 g/mol. The van der Waals surface area contributed by atoms with Crippen molar-refractivity contribution in [2.75, 3.05) is 19.6 Å². The van der Waals surface area contributed by atoms with Crippen LogP contribution in [0.15, 0.2) is 0 Å². The Morgan fingerprint density at radius 2 is 1.58 bits per heavy atom. The maximum atomic E-state index is 3.44. The fraction of sp³-hybridized carbons (Fsp3) is 0.800. The van der Waals surface area contributed by atoms with Gasteiger partial charge in [-0.1, -0.05) is 0 Å². The second-order valence-corrected chi connectivity index (χ2v) is 17.6. The predicted molar refractivity (Wildman–Crippen MR) is 58.9 cm³/mol. The molecule has 0 bridgehead atoms. The summed E-state index contributed by atoms with van der Waals surface area (Å²) in [6.07, 6.45) is 0. The Kier molecular flexibility index (Phi) is 6.03. The molecule has 0 saturated carbocycles. The van der Waals surface area contributed by atoms with Crippen LogP contribution in [0.25, 0.3) is 0 Å². The zero-order valence-corrected chi connectivity index (χ0v) is 11.9. The normalized spacial score (nSPS) is 11.2. The van der Waals surface area contributed by atoms with Crippen LogP contribution in [0, 0.1) is 9.86 Å². The Morgan fingerprint density at radius 1 is 1.08 bits per heavy atom. The van der Waals surface area contributed by atoms with Gasteiger partial charge in [0.25, 0.3) is 0 Å². The Balaban J connectivity index is 3.84. The molecule has 0 unspecified atom stereocenters. The van der Waals surface area contributed by atoms with E-state index < -0.39 is 18.4 Å². The van der Waals surface area contributed by atoms with Crippen molar-refractivity contribution in [1.29, 1.82) is 0 Å². The number of hydrogen-bond acceptors (Lipinski definition) is 1. The zero-order valence-electron chi connectivity index (χ0n) is 9.07. The van der Waals surface area contributed by atoms with Crippen molar-refractivity contribution in [3.8, 4) is 9.86 Å². The Morgan fingerprint density at radius 3 is 1.92 bits per heavy atom. The summed E-state index contributed by atoms with van der Waals surface area (Å²) >= 11 is -1.79. The summed E-state index contributed by atoms with van der Waals surface area (Å²) in [7, 11) is 0. The molecule has 0 spiro atoms. The first-order valence-corrected chi connectivity index (χ1v) is 14.7. The van der Waals surface area contributed by atoms with E-state index in [4.69, 9.17) is 0 Å². The number of hydrogen-bond donors (Lipinski definition) is 0. The van der Waals surface area contributed by atoms with Crippen LogP contribution in [0.1, 0.15) is 13.8 Å². The fourth-order valence-corrected chi connectivity index (χ4v) is 2.60. The first-order valence-electron chi connectivity index (χ1n) is 4.72. The van der Waals surface area contributed by atoms with Gasteiger partial charge in [0.05, 0.1) is 0 Å². The first kappa shape index (κ1) is 12.3. The summed E-state index contributed by atoms with van der Waals surface area (Å²) in [5.41, 5.74) is 0. The van der Waals surface area contributed by atoms with Gasteiger partial charge < -0.3 is 0 Å². The monoisotopic (exact) mass is 275 g/mol. The summed E-state index contributed by atoms with van der Waals surface area (Å²) in [6, 6.07) is 0. The zero-order chi connectivity index (χ0) is 9.61. The third-order valence-electron chi connectivity index (χ3n) is 1.66. The number of nitrogens with zero attached hydrogens (tertiary/aromatic N) is 1. The van der Waals surface area contributed by atoms with Crippen LogP contribution >= 0.6 is 0 Å². The van der Waals surface area contributed by atoms with Crippen molar-refractivity contribution in [3.63, 3.8) is 0 Å². The molecule has 0 N–H and O–H groups in total. The van der Waals surface area contributed by atoms with E-state index in [1.54, 1.807) is 0 Å². The summed E-state index contributed by atoms with van der Waals surface area (Å²) in [5, 5.41) is 0. The van der Waals surface area contributed by atoms with E-state index >= 15 is 0 Å². The van der Waals surface area contributed by atoms with Gasteiger partial charge >= 0.3 is 81.4 Å². The average Bonchev–Trinajstić information content (AvgIpc) is 1.96. The van der Waals surface area contributed by atoms with E-state index in [0.717, 1.165) is 19.6 Å². The Hall–Kier alpha value is 0.319. The molecule has 12 heavy (non-hydrogen) atoms. The van der Waals surface area contributed by atoms with Crippen LogP contribution in [-0.2, 0) is 0 Å². The van der Waals surface area contributed by atoms with E-state index in [0.29, 0.717) is 0 Å². The molecule has 0 fully saturated rings. The molecule has 0 atom stereocenters. The molecular formula is C10H21NSn. The Labute approximate surface area is 81.4 Å². The average molecular weight is 274 g/mol. The molecule has 0 heterocycles. The van der Waals surface area contributed by atoms with Crippen LogP contribution in [0.3, 0.4) is 0 Å². The van der Waals surface area contributed by atoms with Crippen LogP contribution in [0.4, 0.5) is 0 Å². The molecule has 0 saturated heterocycles. The summed E-state index contributed by atoms with van der Waals surface area (Å²) in [6.45, 7) is 7.56. The van der Waals surface area contributed by atoms with Crippen LogP contribution in [-0.4, -0.2) is 42.9 Å². The SMILES string of the molecule is CCN(CC)CC#[C][Sn]([CH3])([CH3])[CH3]. The van der Waals surface area contributed by atoms with E-state index in [-0.39, 0.29) is 0 Å². The van der Waals surface area contributed by atoms with Gasteiger partial charge in [-0.15, -0.1) is 0 Å². The molecule has 1 nitrogen and oxygen atoms in total. The van der Waals surface area contributed by atoms with Crippen molar-refractivity contribution >= 4 is 18.4 Å². The van der Waals surface area contributed by atoms with Gasteiger partial charge in [-0.25, -0.2) is 0 Å². The van der Waals surface area contributed by atoms with Crippen molar-refractivity contribution in [2.24, 2.45) is 0 Å². The molecule has 0 radical (unpaired) electrons. The van der Waals surface area contributed by atoms with Gasteiger partial charge in [0.15, 0.2) is 0 Å². The molecule has 0 rings (SSSR count). The van der Waals surface area contributed by atoms with Crippen LogP contribution in [0.2, 0.25) is 14.8 Å². The Bertz CT molecular complexity index is 167. The van der Waals surface area contributed by atoms with Gasteiger partial charge in [0.1, 0.15) is 0 Å². The molecule has 70 valence electrons. The second-order valence-electron chi connectivity index (χ2n) is 4.01. The third kappa shape index (κ3) is 6.99. The maximum absolute atomic E-state index is 3.44. The standard InChI is InChI=1S/C7H12N.3CH3.Sn/c1-4-7-8(5-2)6-3;;;;/h5-7H2,2-3H3;3*1H3;. The van der Waals surface area contributed by atoms with Crippen molar-refractivity contribution in [2.45, 2.75) is 28.7 Å². The van der Waals surface area contributed by atoms with Gasteiger partial charge in [-0.05, 0) is 0 Å². The van der Waals surface area contributed by atoms with E-state index in [1.807, 2.05) is 0 Å². The summed E-state index contributed by atoms with van der Waals surface area (Å²) in [4.78, 5) is 9.41. The minimum atomic E-state index is -1.79. The van der Waals surface area contributed by atoms with Gasteiger partial charge in [0, 0.05) is 0 Å². The predicted octanol–water partition coefficient (Wildman–Crippen LogP) is 2.21. The molecule has 0 aliphatic rings. The molecule has 0 aromatic heterocycles. The summed E-state index contributed by atoms with van der Waals surface area (Å²) in [5.74, 6) is 3.30. The second kappa shape index (κ2) is 5.88. The van der Waals surface area contributed by atoms with Crippen molar-refractivity contribution in [1.82, 2.24) is 4.90 Å². The third-order valence-corrected chi connectivity index (χ3v) is 4.31. The summed E-state index contributed by atoms with van der Waals surface area (Å²) < 4.78 is 3.44. The van der Waals surface area contributed by atoms with Gasteiger partial charge in [0.2, 0.25) is 0 Å². The van der Waals surface area contributed by atoms with E-state index in [2.05, 4.69) is 43.4 Å². The molecule has 0 aromatic carbocycles. The molecule has 2 heteroatoms. The van der Waals surface area contributed by atoms with Gasteiger partial charge in [-0.2, -0.15) is 0 Å².